The summed E-state index contributed by atoms with van der Waals surface area (Å²) in [6.45, 7) is 26.3. The summed E-state index contributed by atoms with van der Waals surface area (Å²) < 4.78 is 11.0. The number of aryl methyl sites for hydroxylation is 2. The van der Waals surface area contributed by atoms with Gasteiger partial charge in [0.15, 0.2) is 16.4 Å². The van der Waals surface area contributed by atoms with Gasteiger partial charge >= 0.3 is 11.4 Å². The van der Waals surface area contributed by atoms with E-state index in [9.17, 15) is 9.59 Å². The summed E-state index contributed by atoms with van der Waals surface area (Å²) >= 11 is 6.42. The van der Waals surface area contributed by atoms with Gasteiger partial charge in [-0.3, -0.25) is 18.3 Å². The molecule has 0 aliphatic carbocycles. The fraction of sp³-hybridized carbons (Fsp3) is 0.419. The molecule has 0 bridgehead atoms. The number of rotatable bonds is 12. The lowest BCUT2D eigenvalue weighted by Crippen LogP contribution is -2.27. The van der Waals surface area contributed by atoms with E-state index in [2.05, 4.69) is 61.6 Å². The second-order valence-corrected chi connectivity index (χ2v) is 16.5. The summed E-state index contributed by atoms with van der Waals surface area (Å²) in [5.41, 5.74) is 5.73. The highest BCUT2D eigenvalue weighted by molar-refractivity contribution is 6.33. The quantitative estimate of drug-likeness (QED) is 0.0883. The zero-order valence-corrected chi connectivity index (χ0v) is 35.6. The van der Waals surface area contributed by atoms with E-state index in [-0.39, 0.29) is 35.8 Å². The van der Waals surface area contributed by atoms with Crippen LogP contribution in [0.4, 0.5) is 5.82 Å². The predicted molar refractivity (Wildman–Crippen MR) is 232 cm³/mol. The van der Waals surface area contributed by atoms with Crippen LogP contribution in [0.5, 0.6) is 0 Å². The maximum Gasteiger partial charge on any atom is 0.329 e. The molecule has 0 unspecified atom stereocenters. The average Bonchev–Trinajstić information content (AvgIpc) is 3.91. The molecule has 0 saturated heterocycles. The lowest BCUT2D eigenvalue weighted by molar-refractivity contribution is 0.503. The van der Waals surface area contributed by atoms with Crippen molar-refractivity contribution < 1.29 is 0 Å². The summed E-state index contributed by atoms with van der Waals surface area (Å²) in [6, 6.07) is 11.2. The molecule has 8 aromatic heterocycles. The van der Waals surface area contributed by atoms with Crippen LogP contribution in [0.1, 0.15) is 92.0 Å². The van der Waals surface area contributed by atoms with E-state index in [1.165, 1.54) is 0 Å². The van der Waals surface area contributed by atoms with Crippen LogP contribution in [0.2, 0.25) is 5.15 Å². The first kappa shape index (κ1) is 41.0. The van der Waals surface area contributed by atoms with Gasteiger partial charge in [0.25, 0.3) is 5.82 Å². The van der Waals surface area contributed by atoms with Gasteiger partial charge in [0.05, 0.1) is 29.6 Å². The Labute approximate surface area is 346 Å². The van der Waals surface area contributed by atoms with Crippen molar-refractivity contribution in [1.82, 2.24) is 57.3 Å². The summed E-state index contributed by atoms with van der Waals surface area (Å²) in [7, 11) is 0. The molecule has 16 heteroatoms. The molecule has 0 aromatic carbocycles. The number of halogens is 1. The van der Waals surface area contributed by atoms with Gasteiger partial charge in [0, 0.05) is 49.8 Å². The van der Waals surface area contributed by atoms with Crippen LogP contribution in [0.15, 0.2) is 70.8 Å². The smallest absolute Gasteiger partial charge is 0.329 e. The lowest BCUT2D eigenvalue weighted by Gasteiger charge is -2.11. The summed E-state index contributed by atoms with van der Waals surface area (Å²) in [5.74, 6) is 2.86. The monoisotopic (exact) mass is 815 g/mol. The number of imidazole rings is 4. The molecule has 0 radical (unpaired) electrons. The predicted octanol–water partition coefficient (Wildman–Crippen LogP) is 8.44. The molecule has 8 heterocycles. The molecular weight excluding hydrogens is 766 g/mol. The van der Waals surface area contributed by atoms with Crippen molar-refractivity contribution >= 4 is 61.8 Å². The Bertz CT molecular complexity index is 2950. The normalized spacial score (nSPS) is 11.9. The Hall–Kier alpha value is -6.14. The molecule has 8 aromatic rings. The highest BCUT2D eigenvalue weighted by Gasteiger charge is 2.23. The third-order valence-electron chi connectivity index (χ3n) is 10.4. The zero-order chi connectivity index (χ0) is 42.1. The first-order chi connectivity index (χ1) is 28.3. The molecule has 0 saturated carbocycles. The minimum Gasteiger partial charge on any atom is -0.359 e. The van der Waals surface area contributed by atoms with Crippen LogP contribution in [0, 0.1) is 18.4 Å². The molecular formula is C43H50ClN13O2. The largest absolute Gasteiger partial charge is 0.359 e. The molecule has 0 N–H and O–H groups in total. The Balaban J connectivity index is 0.000000179. The van der Waals surface area contributed by atoms with Crippen LogP contribution < -0.4 is 11.4 Å². The Morgan fingerprint density at radius 3 is 1.53 bits per heavy atom. The average molecular weight is 816 g/mol. The molecule has 0 aliphatic heterocycles. The van der Waals surface area contributed by atoms with Crippen molar-refractivity contribution in [3.63, 3.8) is 0 Å². The van der Waals surface area contributed by atoms with E-state index >= 15 is 0 Å². The minimum atomic E-state index is -0.159. The molecule has 8 rings (SSSR count). The minimum absolute atomic E-state index is 0.00569. The fourth-order valence-electron chi connectivity index (χ4n) is 7.56. The van der Waals surface area contributed by atoms with E-state index in [1.807, 2.05) is 58.0 Å². The first-order valence-corrected chi connectivity index (χ1v) is 20.5. The van der Waals surface area contributed by atoms with Crippen molar-refractivity contribution in [3.8, 4) is 0 Å². The van der Waals surface area contributed by atoms with Gasteiger partial charge in [-0.1, -0.05) is 45.9 Å². The SMILES string of the molecule is CC(C)CCn1c(Cn2c(=O)n(C(C)C)c3ccnc(Cl)c32)nc2cccnc21.[C-]#[N+]c1nccc2c1n(Cc1nc3cccnc3n1CCC(C)C)c(=O)n2C(C)C. The van der Waals surface area contributed by atoms with Crippen molar-refractivity contribution in [2.24, 2.45) is 11.8 Å². The second-order valence-electron chi connectivity index (χ2n) is 16.2. The maximum absolute atomic E-state index is 13.3. The summed E-state index contributed by atoms with van der Waals surface area (Å²) in [4.78, 5) is 57.2. The number of pyridine rings is 4. The van der Waals surface area contributed by atoms with Crippen LogP contribution in [-0.4, -0.2) is 57.3 Å². The van der Waals surface area contributed by atoms with Crippen molar-refractivity contribution in [3.05, 3.63) is 110 Å². The number of aromatic nitrogens is 12. The molecule has 15 nitrogen and oxygen atoms in total. The van der Waals surface area contributed by atoms with Crippen molar-refractivity contribution in [2.75, 3.05) is 0 Å². The van der Waals surface area contributed by atoms with Gasteiger partial charge in [0.2, 0.25) is 0 Å². The molecule has 59 heavy (non-hydrogen) atoms. The maximum atomic E-state index is 13.3. The third-order valence-corrected chi connectivity index (χ3v) is 10.7. The van der Waals surface area contributed by atoms with Crippen LogP contribution in [-0.2, 0) is 26.2 Å². The fourth-order valence-corrected chi connectivity index (χ4v) is 7.82. The summed E-state index contributed by atoms with van der Waals surface area (Å²) in [5, 5.41) is 0.321. The first-order valence-electron chi connectivity index (χ1n) is 20.1. The third kappa shape index (κ3) is 7.89. The van der Waals surface area contributed by atoms with Gasteiger partial charge in [-0.25, -0.2) is 34.5 Å². The molecule has 0 spiro atoms. The number of nitrogens with zero attached hydrogens (tertiary/aromatic N) is 13. The standard InChI is InChI=1S/C22H25N7O.C21H25ClN6O/c1-14(2)9-12-27-18(26-16-7-6-10-25-21(16)27)13-28-19-17(8-11-24-20(19)23-5)29(15(3)4)22(28)30;1-13(2)8-11-26-17(25-15-6-5-9-24-20(15)26)12-27-18-16(7-10-23-19(18)22)28(14(3)4)21(27)29/h6-8,10-11,14-15H,9,12-13H2,1-4H3;5-7,9-10,13-14H,8,11-12H2,1-4H3. The Morgan fingerprint density at radius 1 is 0.610 bits per heavy atom. The Kier molecular flexibility index (Phi) is 11.8. The highest BCUT2D eigenvalue weighted by atomic mass is 35.5. The van der Waals surface area contributed by atoms with Gasteiger partial charge < -0.3 is 14.0 Å². The van der Waals surface area contributed by atoms with Crippen LogP contribution in [0.25, 0.3) is 49.2 Å². The van der Waals surface area contributed by atoms with Gasteiger partial charge in [-0.05, 0) is 82.7 Å². The molecule has 0 atom stereocenters. The van der Waals surface area contributed by atoms with E-state index in [4.69, 9.17) is 28.1 Å². The van der Waals surface area contributed by atoms with Gasteiger partial charge in [-0.2, -0.15) is 0 Å². The van der Waals surface area contributed by atoms with Crippen LogP contribution in [0.3, 0.4) is 0 Å². The van der Waals surface area contributed by atoms with Crippen molar-refractivity contribution in [2.45, 2.75) is 106 Å². The number of fused-ring (bicyclic) bond motifs is 4. The van der Waals surface area contributed by atoms with E-state index < -0.39 is 0 Å². The molecule has 0 fully saturated rings. The lowest BCUT2D eigenvalue weighted by atomic mass is 10.1. The van der Waals surface area contributed by atoms with E-state index in [1.54, 1.807) is 49.1 Å². The zero-order valence-electron chi connectivity index (χ0n) is 34.8. The molecule has 306 valence electrons. The second kappa shape index (κ2) is 17.0. The summed E-state index contributed by atoms with van der Waals surface area (Å²) in [6.07, 6.45) is 8.73. The van der Waals surface area contributed by atoms with Crippen LogP contribution >= 0.6 is 11.6 Å². The topological polar surface area (TPSA) is 145 Å². The van der Waals surface area contributed by atoms with Crippen molar-refractivity contribution in [1.29, 1.82) is 0 Å². The number of hydrogen-bond acceptors (Lipinski definition) is 8. The Morgan fingerprint density at radius 2 is 1.07 bits per heavy atom. The molecule has 0 aliphatic rings. The highest BCUT2D eigenvalue weighted by Crippen LogP contribution is 2.27. The van der Waals surface area contributed by atoms with E-state index in [0.29, 0.717) is 34.6 Å². The molecule has 0 amide bonds. The van der Waals surface area contributed by atoms with Gasteiger partial charge in [0.1, 0.15) is 34.4 Å². The van der Waals surface area contributed by atoms with Gasteiger partial charge in [-0.15, -0.1) is 4.98 Å². The van der Waals surface area contributed by atoms with E-state index in [0.717, 1.165) is 70.9 Å². The number of hydrogen-bond donors (Lipinski definition) is 0.